The Balaban J connectivity index is 0.00000336. The van der Waals surface area contributed by atoms with Gasteiger partial charge < -0.3 is 26.3 Å². The molecule has 1 aliphatic rings. The molecule has 0 heterocycles. The quantitative estimate of drug-likeness (QED) is 0.0530. The van der Waals surface area contributed by atoms with E-state index in [9.17, 15) is 30.7 Å². The van der Waals surface area contributed by atoms with Crippen molar-refractivity contribution in [2.24, 2.45) is 25.6 Å². The maximum absolute atomic E-state index is 13.6. The number of allylic oxidation sites excluding steroid dienone is 1. The van der Waals surface area contributed by atoms with Crippen LogP contribution in [0.4, 0.5) is 45.5 Å². The van der Waals surface area contributed by atoms with Crippen LogP contribution >= 0.6 is 0 Å². The van der Waals surface area contributed by atoms with Gasteiger partial charge >= 0.3 is 59.1 Å². The van der Waals surface area contributed by atoms with Gasteiger partial charge in [0.15, 0.2) is 0 Å². The summed E-state index contributed by atoms with van der Waals surface area (Å²) in [7, 11) is -10.6. The average Bonchev–Trinajstić information content (AvgIpc) is 3.11. The van der Waals surface area contributed by atoms with Gasteiger partial charge in [0, 0.05) is 5.69 Å². The van der Waals surface area contributed by atoms with Crippen LogP contribution in [-0.4, -0.2) is 37.4 Å². The van der Waals surface area contributed by atoms with Gasteiger partial charge in [-0.05, 0) is 89.9 Å². The Morgan fingerprint density at radius 3 is 1.78 bits per heavy atom. The predicted molar refractivity (Wildman–Crippen MR) is 199 cm³/mol. The van der Waals surface area contributed by atoms with E-state index < -0.39 is 64.0 Å². The summed E-state index contributed by atoms with van der Waals surface area (Å²) < 4.78 is 73.4. The number of benzene rings is 5. The Hall–Kier alpha value is -4.60. The minimum atomic E-state index is -5.32. The number of ketones is 1. The summed E-state index contributed by atoms with van der Waals surface area (Å²) in [6.45, 7) is 1.84. The van der Waals surface area contributed by atoms with E-state index in [1.807, 2.05) is 19.1 Å². The average molecular weight is 796 g/mol. The molecule has 5 aromatic carbocycles. The zero-order chi connectivity index (χ0) is 38.1. The fourth-order valence-corrected chi connectivity index (χ4v) is 6.50. The van der Waals surface area contributed by atoms with Crippen molar-refractivity contribution < 1.29 is 89.9 Å². The minimum absolute atomic E-state index is 0. The molecule has 0 aliphatic heterocycles. The van der Waals surface area contributed by atoms with E-state index in [4.69, 9.17) is 17.2 Å². The molecular formula is C35H27N9Na2O7S2. The van der Waals surface area contributed by atoms with Crippen molar-refractivity contribution in [2.45, 2.75) is 11.8 Å². The van der Waals surface area contributed by atoms with Gasteiger partial charge in [0.25, 0.3) is 0 Å². The fourth-order valence-electron chi connectivity index (χ4n) is 5.19. The molecule has 0 bridgehead atoms. The van der Waals surface area contributed by atoms with Gasteiger partial charge in [0.1, 0.15) is 37.3 Å². The molecule has 1 aliphatic carbocycles. The van der Waals surface area contributed by atoms with Crippen LogP contribution in [0.1, 0.15) is 21.5 Å². The molecule has 7 N–H and O–H groups in total. The second kappa shape index (κ2) is 17.5. The number of hydrogen-bond acceptors (Lipinski definition) is 16. The third-order valence-corrected chi connectivity index (χ3v) is 9.63. The molecule has 0 saturated carbocycles. The van der Waals surface area contributed by atoms with E-state index in [1.54, 1.807) is 78.9 Å². The van der Waals surface area contributed by atoms with Crippen molar-refractivity contribution in [2.75, 3.05) is 22.6 Å². The largest absolute Gasteiger partial charge is 1.00 e. The fraction of sp³-hybridized carbons (Fsp3) is 0.0286. The number of hydrazone groups is 1. The molecule has 0 saturated heterocycles. The summed E-state index contributed by atoms with van der Waals surface area (Å²) in [6.07, 6.45) is 0.723. The Kier molecular flexibility index (Phi) is 13.7. The number of rotatable bonds is 9. The Morgan fingerprint density at radius 2 is 1.24 bits per heavy atom. The van der Waals surface area contributed by atoms with Gasteiger partial charge in [-0.25, -0.2) is 16.8 Å². The molecule has 0 unspecified atom stereocenters. The molecule has 0 amide bonds. The van der Waals surface area contributed by atoms with Gasteiger partial charge in [-0.1, -0.05) is 42.5 Å². The Morgan fingerprint density at radius 1 is 0.673 bits per heavy atom. The monoisotopic (exact) mass is 795 g/mol. The number of hydrogen-bond donors (Lipinski definition) is 4. The molecule has 0 aromatic heterocycles. The summed E-state index contributed by atoms with van der Waals surface area (Å²) in [4.78, 5) is 11.6. The van der Waals surface area contributed by atoms with Crippen LogP contribution in [0.25, 0.3) is 17.2 Å². The second-order valence-electron chi connectivity index (χ2n) is 11.5. The van der Waals surface area contributed by atoms with Crippen LogP contribution in [0.15, 0.2) is 132 Å². The van der Waals surface area contributed by atoms with Crippen LogP contribution in [0.2, 0.25) is 0 Å². The number of nitrogens with two attached hydrogens (primary N) is 3. The summed E-state index contributed by atoms with van der Waals surface area (Å²) in [5, 5.41) is 20.3. The van der Waals surface area contributed by atoms with Gasteiger partial charge in [-0.2, -0.15) is 15.3 Å². The number of azo groups is 2. The zero-order valence-electron chi connectivity index (χ0n) is 29.5. The Labute approximate surface area is 359 Å². The SMILES string of the molecule is Cc1cc(N=Nc2ccc(-c3ccc(N=Nc4c(S(=O)(=O)[O-])cc5c(c4N)C(=O)C(=NNc4ccccc4)C(S(=O)(=O)[O-])=C5)cc3)cc2)c(N)cc1N.[Na+].[Na+]. The molecule has 5 aromatic rings. The maximum Gasteiger partial charge on any atom is 1.00 e. The molecule has 6 rings (SSSR count). The summed E-state index contributed by atoms with van der Waals surface area (Å²) in [5.74, 6) is -1.13. The van der Waals surface area contributed by atoms with E-state index >= 15 is 0 Å². The predicted octanol–water partition coefficient (Wildman–Crippen LogP) is 0.702. The Bertz CT molecular complexity index is 2640. The van der Waals surface area contributed by atoms with Gasteiger partial charge in [-0.15, -0.1) is 10.2 Å². The van der Waals surface area contributed by atoms with Crippen LogP contribution in [0.5, 0.6) is 0 Å². The number of Topliss-reactive ketones (excluding diaryl/α,β-unsaturated/α-hetero) is 1. The third-order valence-electron chi connectivity index (χ3n) is 7.93. The van der Waals surface area contributed by atoms with Crippen molar-refractivity contribution in [1.82, 2.24) is 0 Å². The third kappa shape index (κ3) is 9.80. The van der Waals surface area contributed by atoms with E-state index in [2.05, 4.69) is 31.0 Å². The van der Waals surface area contributed by atoms with Gasteiger partial charge in [0.05, 0.1) is 43.8 Å². The van der Waals surface area contributed by atoms with Crippen molar-refractivity contribution in [3.8, 4) is 11.1 Å². The van der Waals surface area contributed by atoms with E-state index in [0.29, 0.717) is 34.5 Å². The summed E-state index contributed by atoms with van der Waals surface area (Å²) in [5.41, 5.74) is 22.7. The molecule has 0 spiro atoms. The first-order chi connectivity index (χ1) is 25.1. The molecular weight excluding hydrogens is 769 g/mol. The van der Waals surface area contributed by atoms with E-state index in [0.717, 1.165) is 22.8 Å². The molecule has 268 valence electrons. The number of nitrogens with zero attached hydrogens (tertiary/aromatic N) is 5. The van der Waals surface area contributed by atoms with Gasteiger partial charge in [0.2, 0.25) is 5.78 Å². The van der Waals surface area contributed by atoms with Crippen molar-refractivity contribution in [3.05, 3.63) is 119 Å². The molecule has 0 atom stereocenters. The van der Waals surface area contributed by atoms with Gasteiger partial charge in [-0.3, -0.25) is 10.2 Å². The first kappa shape index (κ1) is 43.1. The number of anilines is 4. The van der Waals surface area contributed by atoms with Crippen LogP contribution in [0.3, 0.4) is 0 Å². The zero-order valence-corrected chi connectivity index (χ0v) is 35.1. The summed E-state index contributed by atoms with van der Waals surface area (Å²) >= 11 is 0. The minimum Gasteiger partial charge on any atom is -0.744 e. The maximum atomic E-state index is 13.6. The smallest absolute Gasteiger partial charge is 0.744 e. The first-order valence-corrected chi connectivity index (χ1v) is 18.1. The normalized spacial score (nSPS) is 13.6. The number of carbonyl (C=O) groups excluding carboxylic acids is 1. The molecule has 0 radical (unpaired) electrons. The molecule has 55 heavy (non-hydrogen) atoms. The van der Waals surface area contributed by atoms with Crippen molar-refractivity contribution in [1.29, 1.82) is 0 Å². The number of aryl methyl sites for hydroxylation is 1. The van der Waals surface area contributed by atoms with Crippen LogP contribution in [0, 0.1) is 6.92 Å². The number of nitrogens with one attached hydrogen (secondary N) is 1. The topological polar surface area (TPSA) is 283 Å². The number of para-hydroxylation sites is 1. The van der Waals surface area contributed by atoms with Crippen LogP contribution < -0.4 is 81.7 Å². The second-order valence-corrected chi connectivity index (χ2v) is 14.2. The number of fused-ring (bicyclic) bond motifs is 1. The number of carbonyl (C=O) groups is 1. The van der Waals surface area contributed by atoms with Crippen LogP contribution in [-0.2, 0) is 20.2 Å². The summed E-state index contributed by atoms with van der Waals surface area (Å²) in [6, 6.07) is 25.9. The van der Waals surface area contributed by atoms with E-state index in [-0.39, 0.29) is 64.8 Å². The van der Waals surface area contributed by atoms with Crippen molar-refractivity contribution in [3.63, 3.8) is 0 Å². The van der Waals surface area contributed by atoms with Crippen molar-refractivity contribution >= 4 is 83.3 Å². The molecule has 0 fully saturated rings. The number of nitrogen functional groups attached to an aromatic ring is 3. The standard InChI is InChI=1S/C35H29N9O7S2.2Na/c1-19-15-28(27(37)18-26(19)36)42-39-24-11-7-20(8-12-24)21-9-13-25(14-10-21)41-43-33-29(52(46,47)48)16-22-17-30(53(49,50)51)34(35(45)31(22)32(33)38)44-40-23-5-3-2-4-6-23;;/h2-18,40H,36-38H2,1H3,(H,46,47,48)(H,49,50,51);;/q;2*+1/p-2. The molecule has 20 heteroatoms. The first-order valence-electron chi connectivity index (χ1n) is 15.3. The van der Waals surface area contributed by atoms with E-state index in [1.165, 1.54) is 0 Å². The molecule has 16 nitrogen and oxygen atoms in total.